The Kier molecular flexibility index (Phi) is 6.19. The maximum absolute atomic E-state index is 10.7. The second kappa shape index (κ2) is 8.77. The molecular weight excluding hydrogens is 350 g/mol. The largest absolute Gasteiger partial charge is 0.352 e. The normalized spacial score (nSPS) is 15.9. The second-order valence-electron chi connectivity index (χ2n) is 6.17. The van der Waals surface area contributed by atoms with Crippen LogP contribution in [0.25, 0.3) is 0 Å². The number of nitro benzene ring substituents is 1. The van der Waals surface area contributed by atoms with Gasteiger partial charge in [-0.1, -0.05) is 18.2 Å². The van der Waals surface area contributed by atoms with Crippen molar-refractivity contribution in [1.82, 2.24) is 15.1 Å². The number of benzene rings is 1. The summed E-state index contributed by atoms with van der Waals surface area (Å²) in [6, 6.07) is 10.9. The highest BCUT2D eigenvalue weighted by Gasteiger charge is 2.19. The van der Waals surface area contributed by atoms with Gasteiger partial charge < -0.3 is 10.2 Å². The molecule has 1 aromatic carbocycles. The number of piperazine rings is 1. The average Bonchev–Trinajstić information content (AvgIpc) is 3.17. The maximum atomic E-state index is 10.7. The molecule has 1 fully saturated rings. The van der Waals surface area contributed by atoms with E-state index >= 15 is 0 Å². The molecule has 0 amide bonds. The Bertz CT molecular complexity index is 737. The summed E-state index contributed by atoms with van der Waals surface area (Å²) in [5, 5.41) is 16.2. The zero-order valence-electron chi connectivity index (χ0n) is 14.8. The Morgan fingerprint density at radius 2 is 1.96 bits per heavy atom. The SMILES string of the molecule is CN=C(NCc1ccc([N+](=O)[O-])cc1)N1CCN(Cc2cccs2)CC1. The van der Waals surface area contributed by atoms with Gasteiger partial charge in [0.15, 0.2) is 5.96 Å². The molecular formula is C18H23N5O2S. The summed E-state index contributed by atoms with van der Waals surface area (Å²) in [6.07, 6.45) is 0. The van der Waals surface area contributed by atoms with Crippen LogP contribution in [0.4, 0.5) is 5.69 Å². The predicted molar refractivity (Wildman–Crippen MR) is 104 cm³/mol. The van der Waals surface area contributed by atoms with Crippen LogP contribution in [0, 0.1) is 10.1 Å². The third kappa shape index (κ3) is 4.80. The highest BCUT2D eigenvalue weighted by atomic mass is 32.1. The molecule has 3 rings (SSSR count). The van der Waals surface area contributed by atoms with Crippen molar-refractivity contribution in [3.63, 3.8) is 0 Å². The number of nitrogens with zero attached hydrogens (tertiary/aromatic N) is 4. The van der Waals surface area contributed by atoms with Crippen molar-refractivity contribution in [1.29, 1.82) is 0 Å². The number of non-ortho nitro benzene ring substituents is 1. The van der Waals surface area contributed by atoms with Gasteiger partial charge in [-0.15, -0.1) is 11.3 Å². The van der Waals surface area contributed by atoms with Crippen LogP contribution < -0.4 is 5.32 Å². The summed E-state index contributed by atoms with van der Waals surface area (Å²) in [7, 11) is 1.79. The minimum Gasteiger partial charge on any atom is -0.352 e. The van der Waals surface area contributed by atoms with Gasteiger partial charge in [-0.25, -0.2) is 0 Å². The van der Waals surface area contributed by atoms with Crippen molar-refractivity contribution in [2.75, 3.05) is 33.2 Å². The number of nitrogens with one attached hydrogen (secondary N) is 1. The number of hydrogen-bond donors (Lipinski definition) is 1. The van der Waals surface area contributed by atoms with Gasteiger partial charge in [-0.05, 0) is 17.0 Å². The lowest BCUT2D eigenvalue weighted by Crippen LogP contribution is -2.51. The van der Waals surface area contributed by atoms with E-state index in [1.807, 2.05) is 0 Å². The fraction of sp³-hybridized carbons (Fsp3) is 0.389. The Morgan fingerprint density at radius 1 is 1.23 bits per heavy atom. The molecule has 0 spiro atoms. The van der Waals surface area contributed by atoms with Crippen molar-refractivity contribution in [3.8, 4) is 0 Å². The topological polar surface area (TPSA) is 74.0 Å². The van der Waals surface area contributed by atoms with E-state index < -0.39 is 0 Å². The van der Waals surface area contributed by atoms with Crippen molar-refractivity contribution in [2.24, 2.45) is 4.99 Å². The van der Waals surface area contributed by atoms with Crippen LogP contribution in [0.15, 0.2) is 46.8 Å². The minimum absolute atomic E-state index is 0.111. The van der Waals surface area contributed by atoms with Crippen molar-refractivity contribution < 1.29 is 4.92 Å². The highest BCUT2D eigenvalue weighted by molar-refractivity contribution is 7.09. The number of thiophene rings is 1. The molecule has 1 N–H and O–H groups in total. The smallest absolute Gasteiger partial charge is 0.269 e. The zero-order valence-corrected chi connectivity index (χ0v) is 15.6. The van der Waals surface area contributed by atoms with E-state index in [9.17, 15) is 10.1 Å². The molecule has 7 nitrogen and oxygen atoms in total. The van der Waals surface area contributed by atoms with Crippen LogP contribution in [0.1, 0.15) is 10.4 Å². The quantitative estimate of drug-likeness (QED) is 0.377. The van der Waals surface area contributed by atoms with Crippen molar-refractivity contribution in [3.05, 3.63) is 62.3 Å². The summed E-state index contributed by atoms with van der Waals surface area (Å²) >= 11 is 1.80. The first-order chi connectivity index (χ1) is 12.7. The van der Waals surface area contributed by atoms with Gasteiger partial charge in [0.1, 0.15) is 0 Å². The molecule has 138 valence electrons. The first-order valence-corrected chi connectivity index (χ1v) is 9.47. The monoisotopic (exact) mass is 373 g/mol. The first kappa shape index (κ1) is 18.3. The van der Waals surface area contributed by atoms with E-state index in [0.717, 1.165) is 44.2 Å². The molecule has 8 heteroatoms. The fourth-order valence-corrected chi connectivity index (χ4v) is 3.74. The molecule has 0 bridgehead atoms. The van der Waals surface area contributed by atoms with Gasteiger partial charge in [0, 0.05) is 63.3 Å². The van der Waals surface area contributed by atoms with E-state index in [2.05, 4.69) is 37.6 Å². The molecule has 1 aromatic heterocycles. The molecule has 26 heavy (non-hydrogen) atoms. The summed E-state index contributed by atoms with van der Waals surface area (Å²) < 4.78 is 0. The maximum Gasteiger partial charge on any atom is 0.269 e. The molecule has 0 atom stereocenters. The van der Waals surface area contributed by atoms with Crippen LogP contribution >= 0.6 is 11.3 Å². The van der Waals surface area contributed by atoms with Crippen molar-refractivity contribution in [2.45, 2.75) is 13.1 Å². The fourth-order valence-electron chi connectivity index (χ4n) is 2.99. The lowest BCUT2D eigenvalue weighted by Gasteiger charge is -2.36. The summed E-state index contributed by atoms with van der Waals surface area (Å²) in [4.78, 5) is 20.8. The van der Waals surface area contributed by atoms with E-state index in [4.69, 9.17) is 0 Å². The number of guanidine groups is 1. The second-order valence-corrected chi connectivity index (χ2v) is 7.20. The summed E-state index contributed by atoms with van der Waals surface area (Å²) in [5.74, 6) is 0.874. The lowest BCUT2D eigenvalue weighted by molar-refractivity contribution is -0.384. The number of rotatable bonds is 5. The van der Waals surface area contributed by atoms with Gasteiger partial charge in [0.05, 0.1) is 4.92 Å². The van der Waals surface area contributed by atoms with Gasteiger partial charge >= 0.3 is 0 Å². The Morgan fingerprint density at radius 3 is 2.54 bits per heavy atom. The number of nitro groups is 1. The zero-order chi connectivity index (χ0) is 18.4. The first-order valence-electron chi connectivity index (χ1n) is 8.59. The Balaban J connectivity index is 1.48. The van der Waals surface area contributed by atoms with Crippen molar-refractivity contribution >= 4 is 23.0 Å². The summed E-state index contributed by atoms with van der Waals surface area (Å²) in [6.45, 7) is 5.50. The molecule has 2 heterocycles. The number of hydrogen-bond acceptors (Lipinski definition) is 5. The molecule has 0 unspecified atom stereocenters. The third-order valence-electron chi connectivity index (χ3n) is 4.44. The Hall–Kier alpha value is -2.45. The standard InChI is InChI=1S/C18H23N5O2S/c1-19-18(20-13-15-4-6-16(7-5-15)23(24)25)22-10-8-21(9-11-22)14-17-3-2-12-26-17/h2-7,12H,8-11,13-14H2,1H3,(H,19,20). The van der Waals surface area contributed by atoms with Crippen LogP contribution in [0.5, 0.6) is 0 Å². The van der Waals surface area contributed by atoms with E-state index in [1.165, 1.54) is 17.0 Å². The summed E-state index contributed by atoms with van der Waals surface area (Å²) in [5.41, 5.74) is 1.10. The molecule has 0 aliphatic carbocycles. The predicted octanol–water partition coefficient (Wildman–Crippen LogP) is 2.55. The molecule has 1 aliphatic rings. The van der Waals surface area contributed by atoms with Crippen LogP contribution in [0.3, 0.4) is 0 Å². The molecule has 1 aliphatic heterocycles. The Labute approximate surface area is 157 Å². The van der Waals surface area contributed by atoms with E-state index in [1.54, 1.807) is 30.5 Å². The molecule has 1 saturated heterocycles. The minimum atomic E-state index is -0.383. The number of aliphatic imine (C=N–C) groups is 1. The lowest BCUT2D eigenvalue weighted by atomic mass is 10.2. The molecule has 2 aromatic rings. The van der Waals surface area contributed by atoms with Gasteiger partial charge in [-0.3, -0.25) is 20.0 Å². The van der Waals surface area contributed by atoms with Crippen LogP contribution in [0.2, 0.25) is 0 Å². The average molecular weight is 373 g/mol. The third-order valence-corrected chi connectivity index (χ3v) is 5.30. The van der Waals surface area contributed by atoms with Gasteiger partial charge in [0.25, 0.3) is 5.69 Å². The van der Waals surface area contributed by atoms with E-state index in [-0.39, 0.29) is 10.6 Å². The van der Waals surface area contributed by atoms with E-state index in [0.29, 0.717) is 6.54 Å². The van der Waals surface area contributed by atoms with Crippen LogP contribution in [-0.2, 0) is 13.1 Å². The highest BCUT2D eigenvalue weighted by Crippen LogP contribution is 2.14. The van der Waals surface area contributed by atoms with Gasteiger partial charge in [-0.2, -0.15) is 0 Å². The molecule has 0 saturated carbocycles. The van der Waals surface area contributed by atoms with Gasteiger partial charge in [0.2, 0.25) is 0 Å². The molecule has 0 radical (unpaired) electrons. The van der Waals surface area contributed by atoms with Crippen LogP contribution in [-0.4, -0.2) is 53.9 Å².